The second-order valence-electron chi connectivity index (χ2n) is 5.41. The number of rotatable bonds is 7. The van der Waals surface area contributed by atoms with E-state index < -0.39 is 0 Å². The summed E-state index contributed by atoms with van der Waals surface area (Å²) in [6.45, 7) is 5.32. The fourth-order valence-electron chi connectivity index (χ4n) is 2.16. The van der Waals surface area contributed by atoms with Gasteiger partial charge in [0.15, 0.2) is 0 Å². The highest BCUT2D eigenvalue weighted by Crippen LogP contribution is 2.27. The lowest BCUT2D eigenvalue weighted by atomic mass is 9.87. The molecule has 0 spiro atoms. The average molecular weight is 362 g/mol. The Bertz CT molecular complexity index is 375. The molecule has 0 N–H and O–H groups in total. The van der Waals surface area contributed by atoms with E-state index in [1.54, 1.807) is 14.2 Å². The fraction of sp³-hybridized carbons (Fsp3) is 0.600. The van der Waals surface area contributed by atoms with Crippen molar-refractivity contribution in [1.29, 1.82) is 0 Å². The van der Waals surface area contributed by atoms with Gasteiger partial charge in [0, 0.05) is 10.7 Å². The van der Waals surface area contributed by atoms with Crippen LogP contribution in [-0.2, 0) is 11.2 Å². The Hall–Kier alpha value is -0.290. The van der Waals surface area contributed by atoms with Gasteiger partial charge in [0.2, 0.25) is 0 Å². The van der Waals surface area contributed by atoms with Gasteiger partial charge in [-0.05, 0) is 71.0 Å². The summed E-state index contributed by atoms with van der Waals surface area (Å²) in [5, 5.41) is 0. The lowest BCUT2D eigenvalue weighted by Crippen LogP contribution is -2.18. The maximum Gasteiger partial charge on any atom is 0.122 e. The van der Waals surface area contributed by atoms with Gasteiger partial charge in [-0.15, -0.1) is 0 Å². The molecule has 0 bridgehead atoms. The third-order valence-electron chi connectivity index (χ3n) is 3.08. The maximum absolute atomic E-state index is 5.40. The van der Waals surface area contributed by atoms with E-state index in [9.17, 15) is 0 Å². The van der Waals surface area contributed by atoms with Crippen molar-refractivity contribution < 1.29 is 9.47 Å². The molecule has 1 aromatic rings. The Labute approximate surface area is 124 Å². The summed E-state index contributed by atoms with van der Waals surface area (Å²) in [5.41, 5.74) is 1.56. The van der Waals surface area contributed by atoms with Crippen LogP contribution in [0, 0.1) is 8.99 Å². The van der Waals surface area contributed by atoms with Gasteiger partial charge in [-0.25, -0.2) is 0 Å². The second kappa shape index (κ2) is 7.34. The van der Waals surface area contributed by atoms with Crippen LogP contribution in [-0.4, -0.2) is 20.8 Å². The van der Waals surface area contributed by atoms with Crippen LogP contribution in [0.15, 0.2) is 18.2 Å². The van der Waals surface area contributed by atoms with Gasteiger partial charge in [0.05, 0.1) is 13.7 Å². The van der Waals surface area contributed by atoms with Crippen molar-refractivity contribution in [2.45, 2.75) is 33.1 Å². The average Bonchev–Trinajstić information content (AvgIpc) is 2.29. The quantitative estimate of drug-likeness (QED) is 0.674. The summed E-state index contributed by atoms with van der Waals surface area (Å²) in [5.74, 6) is 1.000. The summed E-state index contributed by atoms with van der Waals surface area (Å²) >= 11 is 2.34. The molecule has 0 aliphatic rings. The summed E-state index contributed by atoms with van der Waals surface area (Å²) in [4.78, 5) is 0. The minimum absolute atomic E-state index is 0.254. The van der Waals surface area contributed by atoms with Gasteiger partial charge in [0.1, 0.15) is 5.75 Å². The molecule has 0 heterocycles. The summed E-state index contributed by atoms with van der Waals surface area (Å²) < 4.78 is 11.9. The van der Waals surface area contributed by atoms with Gasteiger partial charge in [-0.1, -0.05) is 13.8 Å². The molecular weight excluding hydrogens is 339 g/mol. The fourth-order valence-corrected chi connectivity index (χ4v) is 2.72. The Balaban J connectivity index is 2.55. The third kappa shape index (κ3) is 5.14. The van der Waals surface area contributed by atoms with E-state index in [1.807, 2.05) is 0 Å². The maximum atomic E-state index is 5.40. The molecule has 0 atom stereocenters. The van der Waals surface area contributed by atoms with Crippen LogP contribution in [0.1, 0.15) is 32.3 Å². The first-order chi connectivity index (χ1) is 8.48. The van der Waals surface area contributed by atoms with Crippen molar-refractivity contribution in [3.05, 3.63) is 27.3 Å². The molecule has 102 valence electrons. The molecular formula is C15H23IO2. The lowest BCUT2D eigenvalue weighted by molar-refractivity contribution is 0.0968. The number of ether oxygens (including phenoxy) is 2. The van der Waals surface area contributed by atoms with E-state index in [0.717, 1.165) is 31.6 Å². The molecule has 0 saturated heterocycles. The largest absolute Gasteiger partial charge is 0.496 e. The molecule has 0 aliphatic heterocycles. The van der Waals surface area contributed by atoms with Crippen LogP contribution in [0.3, 0.4) is 0 Å². The smallest absolute Gasteiger partial charge is 0.122 e. The first-order valence-corrected chi connectivity index (χ1v) is 7.38. The zero-order valence-corrected chi connectivity index (χ0v) is 13.9. The Kier molecular flexibility index (Phi) is 6.43. The molecule has 0 unspecified atom stereocenters. The predicted octanol–water partition coefficient (Wildman–Crippen LogP) is 4.30. The lowest BCUT2D eigenvalue weighted by Gasteiger charge is -2.23. The molecule has 1 aromatic carbocycles. The Morgan fingerprint density at radius 3 is 2.56 bits per heavy atom. The van der Waals surface area contributed by atoms with E-state index in [2.05, 4.69) is 54.6 Å². The molecule has 3 heteroatoms. The van der Waals surface area contributed by atoms with E-state index in [-0.39, 0.29) is 5.41 Å². The molecule has 18 heavy (non-hydrogen) atoms. The van der Waals surface area contributed by atoms with Crippen LogP contribution >= 0.6 is 22.6 Å². The molecule has 0 radical (unpaired) electrons. The van der Waals surface area contributed by atoms with Gasteiger partial charge in [-0.3, -0.25) is 0 Å². The van der Waals surface area contributed by atoms with E-state index >= 15 is 0 Å². The zero-order chi connectivity index (χ0) is 13.6. The van der Waals surface area contributed by atoms with Crippen molar-refractivity contribution in [1.82, 2.24) is 0 Å². The SMILES string of the molecule is COCC(C)(C)CCCc1cc(I)ccc1OC. The normalized spacial score (nSPS) is 11.6. The standard InChI is InChI=1S/C15H23IO2/c1-15(2,11-17-3)9-5-6-12-10-13(16)7-8-14(12)18-4/h7-8,10H,5-6,9,11H2,1-4H3. The molecule has 0 saturated carbocycles. The Morgan fingerprint density at radius 1 is 1.22 bits per heavy atom. The van der Waals surface area contributed by atoms with E-state index in [1.165, 1.54) is 9.13 Å². The number of hydrogen-bond donors (Lipinski definition) is 0. The molecule has 2 nitrogen and oxygen atoms in total. The summed E-state index contributed by atoms with van der Waals surface area (Å²) in [6.07, 6.45) is 3.38. The predicted molar refractivity (Wildman–Crippen MR) is 84.3 cm³/mol. The monoisotopic (exact) mass is 362 g/mol. The molecule has 0 aromatic heterocycles. The molecule has 0 fully saturated rings. The molecule has 0 aliphatic carbocycles. The van der Waals surface area contributed by atoms with Crippen LogP contribution in [0.25, 0.3) is 0 Å². The third-order valence-corrected chi connectivity index (χ3v) is 3.75. The Morgan fingerprint density at radius 2 is 1.94 bits per heavy atom. The minimum Gasteiger partial charge on any atom is -0.496 e. The highest BCUT2D eigenvalue weighted by atomic mass is 127. The van der Waals surface area contributed by atoms with Gasteiger partial charge in [-0.2, -0.15) is 0 Å². The summed E-state index contributed by atoms with van der Waals surface area (Å²) in [6, 6.07) is 6.35. The summed E-state index contributed by atoms with van der Waals surface area (Å²) in [7, 11) is 3.50. The number of halogens is 1. The highest BCUT2D eigenvalue weighted by molar-refractivity contribution is 14.1. The first-order valence-electron chi connectivity index (χ1n) is 6.30. The second-order valence-corrected chi connectivity index (χ2v) is 6.65. The number of aryl methyl sites for hydroxylation is 1. The number of benzene rings is 1. The van der Waals surface area contributed by atoms with Crippen molar-refractivity contribution in [3.63, 3.8) is 0 Å². The minimum atomic E-state index is 0.254. The number of hydrogen-bond acceptors (Lipinski definition) is 2. The van der Waals surface area contributed by atoms with Crippen LogP contribution in [0.2, 0.25) is 0 Å². The highest BCUT2D eigenvalue weighted by Gasteiger charge is 2.17. The van der Waals surface area contributed by atoms with Gasteiger partial charge < -0.3 is 9.47 Å². The van der Waals surface area contributed by atoms with Crippen LogP contribution in [0.5, 0.6) is 5.75 Å². The van der Waals surface area contributed by atoms with Crippen molar-refractivity contribution in [2.75, 3.05) is 20.8 Å². The van der Waals surface area contributed by atoms with E-state index in [4.69, 9.17) is 9.47 Å². The van der Waals surface area contributed by atoms with Crippen LogP contribution in [0.4, 0.5) is 0 Å². The van der Waals surface area contributed by atoms with Crippen LogP contribution < -0.4 is 4.74 Å². The van der Waals surface area contributed by atoms with Crippen molar-refractivity contribution in [2.24, 2.45) is 5.41 Å². The zero-order valence-electron chi connectivity index (χ0n) is 11.8. The first kappa shape index (κ1) is 15.8. The van der Waals surface area contributed by atoms with E-state index in [0.29, 0.717) is 0 Å². The topological polar surface area (TPSA) is 18.5 Å². The van der Waals surface area contributed by atoms with Crippen molar-refractivity contribution >= 4 is 22.6 Å². The molecule has 1 rings (SSSR count). The van der Waals surface area contributed by atoms with Crippen molar-refractivity contribution in [3.8, 4) is 5.75 Å². The van der Waals surface area contributed by atoms with Gasteiger partial charge >= 0.3 is 0 Å². The number of methoxy groups -OCH3 is 2. The molecule has 0 amide bonds. The van der Waals surface area contributed by atoms with Gasteiger partial charge in [0.25, 0.3) is 0 Å².